The zero-order chi connectivity index (χ0) is 24.1. The van der Waals surface area contributed by atoms with Crippen molar-refractivity contribution in [1.29, 1.82) is 0 Å². The number of nitrogens with one attached hydrogen (secondary N) is 1. The predicted octanol–water partition coefficient (Wildman–Crippen LogP) is 6.11. The first-order valence-electron chi connectivity index (χ1n) is 10.9. The first kappa shape index (κ1) is 26.2. The summed E-state index contributed by atoms with van der Waals surface area (Å²) in [4.78, 5) is 15.5. The van der Waals surface area contributed by atoms with Gasteiger partial charge in [0, 0.05) is 0 Å². The fourth-order valence-corrected chi connectivity index (χ4v) is 6.77. The molecule has 7 heteroatoms. The van der Waals surface area contributed by atoms with E-state index in [2.05, 4.69) is 59.6 Å². The van der Waals surface area contributed by atoms with Crippen LogP contribution in [0.1, 0.15) is 30.5 Å². The van der Waals surface area contributed by atoms with Crippen LogP contribution in [-0.2, 0) is 19.4 Å². The van der Waals surface area contributed by atoms with Gasteiger partial charge in [0.15, 0.2) is 0 Å². The zero-order valence-corrected chi connectivity index (χ0v) is 24.6. The summed E-state index contributed by atoms with van der Waals surface area (Å²) in [6, 6.07) is 17.8. The van der Waals surface area contributed by atoms with Gasteiger partial charge in [-0.15, -0.1) is 0 Å². The Morgan fingerprint density at radius 2 is 1.58 bits per heavy atom. The number of rotatable bonds is 7. The first-order chi connectivity index (χ1) is 15.7. The Hall–Kier alpha value is -1.37. The van der Waals surface area contributed by atoms with Crippen molar-refractivity contribution >= 4 is 80.8 Å². The molecule has 0 aliphatic heterocycles. The normalized spacial score (nSPS) is 11.0. The van der Waals surface area contributed by atoms with E-state index in [9.17, 15) is 4.79 Å². The van der Waals surface area contributed by atoms with E-state index in [1.807, 2.05) is 42.5 Å². The number of urea groups is 1. The van der Waals surface area contributed by atoms with E-state index in [1.165, 1.54) is 4.35 Å². The number of amides is 2. The monoisotopic (exact) mass is 604 g/mol. The minimum atomic E-state index is -0.987. The summed E-state index contributed by atoms with van der Waals surface area (Å²) in [5, 5.41) is 4.56. The van der Waals surface area contributed by atoms with E-state index in [0.29, 0.717) is 16.6 Å². The second-order valence-corrected chi connectivity index (χ2v) is 14.7. The Morgan fingerprint density at radius 1 is 0.970 bits per heavy atom. The molecule has 0 bridgehead atoms. The molecule has 0 heterocycles. The van der Waals surface area contributed by atoms with Crippen LogP contribution in [0.3, 0.4) is 0 Å². The molecule has 172 valence electrons. The Balaban J connectivity index is 2.01. The molecule has 1 N–H and O–H groups in total. The maximum atomic E-state index is 13.7. The van der Waals surface area contributed by atoms with E-state index in [-0.39, 0.29) is 6.03 Å². The second-order valence-electron chi connectivity index (χ2n) is 7.97. The second kappa shape index (κ2) is 11.9. The summed E-state index contributed by atoms with van der Waals surface area (Å²) >= 11 is 14.2. The molecule has 0 unspecified atom stereocenters. The van der Waals surface area contributed by atoms with E-state index < -0.39 is 14.7 Å². The van der Waals surface area contributed by atoms with Crippen LogP contribution in [0, 0.1) is 0 Å². The predicted molar refractivity (Wildman–Crippen MR) is 146 cm³/mol. The van der Waals surface area contributed by atoms with Crippen molar-refractivity contribution in [2.75, 3.05) is 10.2 Å². The fraction of sp³-hybridized carbons (Fsp3) is 0.269. The van der Waals surface area contributed by atoms with Gasteiger partial charge in [0.2, 0.25) is 0 Å². The SMILES string of the molecule is CCc1c(Cl)cc([As])c(CC)c1NC(=O)N(Cc1ccc(Cl)cc1)c1ccc([As](C)C)cc1. The van der Waals surface area contributed by atoms with Gasteiger partial charge in [-0.25, -0.2) is 0 Å². The van der Waals surface area contributed by atoms with Crippen LogP contribution >= 0.6 is 23.2 Å². The van der Waals surface area contributed by atoms with Gasteiger partial charge in [0.1, 0.15) is 0 Å². The van der Waals surface area contributed by atoms with Gasteiger partial charge in [-0.3, -0.25) is 0 Å². The average molecular weight is 605 g/mol. The van der Waals surface area contributed by atoms with Gasteiger partial charge >= 0.3 is 222 Å². The summed E-state index contributed by atoms with van der Waals surface area (Å²) in [5.74, 6) is 0. The van der Waals surface area contributed by atoms with Crippen molar-refractivity contribution in [2.24, 2.45) is 0 Å². The van der Waals surface area contributed by atoms with Gasteiger partial charge in [-0.05, 0) is 0 Å². The van der Waals surface area contributed by atoms with Crippen LogP contribution in [0.25, 0.3) is 0 Å². The molecular weight excluding hydrogens is 577 g/mol. The molecule has 33 heavy (non-hydrogen) atoms. The van der Waals surface area contributed by atoms with Crippen LogP contribution in [0.4, 0.5) is 16.2 Å². The molecule has 0 saturated carbocycles. The number of carbonyl (C=O) groups excluding carboxylic acids is 1. The summed E-state index contributed by atoms with van der Waals surface area (Å²) < 4.78 is 2.40. The topological polar surface area (TPSA) is 32.3 Å². The van der Waals surface area contributed by atoms with Crippen molar-refractivity contribution < 1.29 is 4.79 Å². The van der Waals surface area contributed by atoms with Crippen molar-refractivity contribution in [2.45, 2.75) is 44.7 Å². The number of hydrogen-bond acceptors (Lipinski definition) is 1. The molecule has 0 aromatic heterocycles. The number of benzene rings is 3. The van der Waals surface area contributed by atoms with Gasteiger partial charge in [-0.1, -0.05) is 0 Å². The zero-order valence-electron chi connectivity index (χ0n) is 19.3. The molecule has 3 aromatic carbocycles. The van der Waals surface area contributed by atoms with Gasteiger partial charge in [0.25, 0.3) is 0 Å². The molecule has 3 nitrogen and oxygen atoms in total. The maximum absolute atomic E-state index is 13.7. The average Bonchev–Trinajstić information content (AvgIpc) is 2.79. The van der Waals surface area contributed by atoms with Crippen LogP contribution < -0.4 is 18.9 Å². The standard InChI is InChI=1S/C26H28As2Cl2N2O/c1-5-21-23(27)15-24(30)22(6-2)25(21)31-26(33)32(16-17-7-11-19(29)12-8-17)20-13-9-18(10-14-20)28(3)4/h7-15H,5-6,16H2,1-4H3,(H,31,33). The Kier molecular flexibility index (Phi) is 9.42. The molecule has 0 aliphatic rings. The third-order valence-corrected chi connectivity index (χ3v) is 9.80. The van der Waals surface area contributed by atoms with E-state index in [4.69, 9.17) is 23.2 Å². The summed E-state index contributed by atoms with van der Waals surface area (Å²) in [5.41, 5.74) is 9.34. The Labute approximate surface area is 220 Å². The van der Waals surface area contributed by atoms with E-state index in [1.54, 1.807) is 4.90 Å². The van der Waals surface area contributed by atoms with Crippen LogP contribution in [0.15, 0.2) is 54.6 Å². The van der Waals surface area contributed by atoms with Crippen LogP contribution in [0.2, 0.25) is 21.5 Å². The Bertz CT molecular complexity index is 1090. The molecule has 0 spiro atoms. The third kappa shape index (κ3) is 6.40. The van der Waals surface area contributed by atoms with Crippen molar-refractivity contribution in [3.8, 4) is 0 Å². The quantitative estimate of drug-likeness (QED) is 0.324. The molecular formula is C26H28As2Cl2N2O. The van der Waals surface area contributed by atoms with Crippen molar-refractivity contribution in [1.82, 2.24) is 0 Å². The van der Waals surface area contributed by atoms with Crippen LogP contribution in [-0.4, -0.2) is 37.5 Å². The molecule has 3 aromatic rings. The van der Waals surface area contributed by atoms with Crippen molar-refractivity contribution in [3.05, 3.63) is 81.3 Å². The fourth-order valence-electron chi connectivity index (χ4n) is 3.74. The number of nitrogens with zero attached hydrogens (tertiary/aromatic N) is 1. The number of hydrogen-bond donors (Lipinski definition) is 1. The van der Waals surface area contributed by atoms with Gasteiger partial charge in [0.05, 0.1) is 0 Å². The molecule has 0 atom stereocenters. The van der Waals surface area contributed by atoms with E-state index in [0.717, 1.165) is 45.3 Å². The van der Waals surface area contributed by atoms with Crippen molar-refractivity contribution in [3.63, 3.8) is 0 Å². The summed E-state index contributed by atoms with van der Waals surface area (Å²) in [6.45, 7) is 4.58. The molecule has 0 saturated heterocycles. The van der Waals surface area contributed by atoms with E-state index >= 15 is 0 Å². The third-order valence-electron chi connectivity index (χ3n) is 5.58. The van der Waals surface area contributed by atoms with Gasteiger partial charge in [-0.2, -0.15) is 0 Å². The van der Waals surface area contributed by atoms with Gasteiger partial charge < -0.3 is 0 Å². The summed E-state index contributed by atoms with van der Waals surface area (Å²) in [7, 11) is 0. The number of carbonyl (C=O) groups is 1. The number of halogens is 2. The first-order valence-corrected chi connectivity index (χ1v) is 17.3. The molecule has 2 amide bonds. The molecule has 2 radical (unpaired) electrons. The van der Waals surface area contributed by atoms with Crippen LogP contribution in [0.5, 0.6) is 0 Å². The Morgan fingerprint density at radius 3 is 2.12 bits per heavy atom. The number of anilines is 2. The minimum absolute atomic E-state index is 0.182. The molecule has 3 rings (SSSR count). The molecule has 0 fully saturated rings. The molecule has 0 aliphatic carbocycles. The summed E-state index contributed by atoms with van der Waals surface area (Å²) in [6.07, 6.45) is 1.54.